The number of fused-ring (bicyclic) bond motifs is 1. The van der Waals surface area contributed by atoms with Gasteiger partial charge < -0.3 is 16.4 Å². The Kier molecular flexibility index (Phi) is 5.13. The van der Waals surface area contributed by atoms with Crippen LogP contribution in [0.5, 0.6) is 0 Å². The van der Waals surface area contributed by atoms with E-state index in [0.717, 1.165) is 16.9 Å². The summed E-state index contributed by atoms with van der Waals surface area (Å²) in [5.41, 5.74) is 9.92. The zero-order valence-electron chi connectivity index (χ0n) is 16.8. The molecule has 1 saturated carbocycles. The number of hydrogen-bond donors (Lipinski definition) is 3. The van der Waals surface area contributed by atoms with Crippen LogP contribution in [0.1, 0.15) is 35.7 Å². The number of nitrogens with one attached hydrogen (secondary N) is 2. The minimum absolute atomic E-state index is 0.0327. The van der Waals surface area contributed by atoms with Crippen LogP contribution in [0.2, 0.25) is 0 Å². The number of nitrogens with zero attached hydrogens (tertiary/aromatic N) is 2. The predicted octanol–water partition coefficient (Wildman–Crippen LogP) is 4.67. The molecule has 1 aliphatic carbocycles. The van der Waals surface area contributed by atoms with Gasteiger partial charge in [-0.2, -0.15) is 0 Å². The second-order valence-electron chi connectivity index (χ2n) is 7.81. The second kappa shape index (κ2) is 8.22. The van der Waals surface area contributed by atoms with Gasteiger partial charge in [-0.25, -0.2) is 9.97 Å². The third kappa shape index (κ3) is 4.17. The smallest absolute Gasteiger partial charge is 0.227 e. The lowest BCUT2D eigenvalue weighted by molar-refractivity contribution is 0.588. The largest absolute Gasteiger partial charge is 0.326 e. The highest BCUT2D eigenvalue weighted by Gasteiger charge is 2.27. The van der Waals surface area contributed by atoms with Gasteiger partial charge in [-0.3, -0.25) is 0 Å². The first-order valence-corrected chi connectivity index (χ1v) is 10.4. The zero-order valence-corrected chi connectivity index (χ0v) is 16.8. The molecule has 0 amide bonds. The van der Waals surface area contributed by atoms with Crippen LogP contribution in [0, 0.1) is 0 Å². The summed E-state index contributed by atoms with van der Waals surface area (Å²) in [5, 5.41) is 9.56. The van der Waals surface area contributed by atoms with Gasteiger partial charge in [0.1, 0.15) is 0 Å². The second-order valence-corrected chi connectivity index (χ2v) is 7.81. The molecule has 5 heteroatoms. The number of nitrogens with two attached hydrogens (primary N) is 1. The summed E-state index contributed by atoms with van der Waals surface area (Å²) in [6.45, 7) is 0.534. The van der Waals surface area contributed by atoms with Crippen molar-refractivity contribution in [3.63, 3.8) is 0 Å². The monoisotopic (exact) mass is 395 g/mol. The summed E-state index contributed by atoms with van der Waals surface area (Å²) in [6.07, 6.45) is 4.25. The highest BCUT2D eigenvalue weighted by molar-refractivity contribution is 5.83. The molecule has 4 N–H and O–H groups in total. The minimum Gasteiger partial charge on any atom is -0.326 e. The van der Waals surface area contributed by atoms with E-state index in [4.69, 9.17) is 10.7 Å². The molecule has 3 aromatic carbocycles. The first-order valence-electron chi connectivity index (χ1n) is 10.4. The first kappa shape index (κ1) is 18.7. The maximum atomic E-state index is 5.69. The lowest BCUT2D eigenvalue weighted by atomic mass is 9.99. The van der Waals surface area contributed by atoms with Gasteiger partial charge in [0, 0.05) is 24.5 Å². The lowest BCUT2D eigenvalue weighted by Gasteiger charge is -2.20. The van der Waals surface area contributed by atoms with E-state index < -0.39 is 0 Å². The molecule has 1 heterocycles. The normalized spacial score (nSPS) is 14.6. The van der Waals surface area contributed by atoms with Gasteiger partial charge in [0.2, 0.25) is 5.95 Å². The number of rotatable bonds is 7. The standard InChI is InChI=1S/C25H25N5/c26-16-17-5-9-22(10-6-17)29-25-27-14-13-23(30-25)24(28-21-11-12-21)20-8-7-18-3-1-2-4-19(18)15-20/h1-10,13-15,21,24,28H,11-12,16,26H2,(H,27,29,30). The van der Waals surface area contributed by atoms with E-state index in [1.165, 1.54) is 29.2 Å². The van der Waals surface area contributed by atoms with Gasteiger partial charge in [-0.15, -0.1) is 0 Å². The number of aromatic nitrogens is 2. The van der Waals surface area contributed by atoms with Crippen LogP contribution < -0.4 is 16.4 Å². The fourth-order valence-electron chi connectivity index (χ4n) is 3.67. The lowest BCUT2D eigenvalue weighted by Crippen LogP contribution is -2.25. The van der Waals surface area contributed by atoms with Crippen molar-refractivity contribution in [3.8, 4) is 0 Å². The average Bonchev–Trinajstić information content (AvgIpc) is 3.62. The molecule has 0 spiro atoms. The summed E-state index contributed by atoms with van der Waals surface area (Å²) >= 11 is 0. The molecule has 150 valence electrons. The van der Waals surface area contributed by atoms with Crippen LogP contribution in [-0.4, -0.2) is 16.0 Å². The molecule has 0 radical (unpaired) electrons. The van der Waals surface area contributed by atoms with E-state index in [0.29, 0.717) is 18.5 Å². The molecule has 0 saturated heterocycles. The third-order valence-electron chi connectivity index (χ3n) is 5.51. The molecule has 5 rings (SSSR count). The number of hydrogen-bond acceptors (Lipinski definition) is 5. The van der Waals surface area contributed by atoms with Crippen LogP contribution >= 0.6 is 0 Å². The fourth-order valence-corrected chi connectivity index (χ4v) is 3.67. The minimum atomic E-state index is 0.0327. The van der Waals surface area contributed by atoms with Gasteiger partial charge in [-0.1, -0.05) is 48.5 Å². The third-order valence-corrected chi connectivity index (χ3v) is 5.51. The van der Waals surface area contributed by atoms with Crippen molar-refractivity contribution in [1.82, 2.24) is 15.3 Å². The summed E-state index contributed by atoms with van der Waals surface area (Å²) in [6, 6.07) is 25.7. The number of anilines is 2. The van der Waals surface area contributed by atoms with Crippen molar-refractivity contribution in [2.75, 3.05) is 5.32 Å². The van der Waals surface area contributed by atoms with E-state index in [-0.39, 0.29) is 6.04 Å². The summed E-state index contributed by atoms with van der Waals surface area (Å²) in [7, 11) is 0. The van der Waals surface area contributed by atoms with Gasteiger partial charge in [0.05, 0.1) is 11.7 Å². The maximum Gasteiger partial charge on any atom is 0.227 e. The SMILES string of the molecule is NCc1ccc(Nc2nccc(C(NC3CC3)c3ccc4ccccc4c3)n2)cc1. The van der Waals surface area contributed by atoms with Crippen molar-refractivity contribution in [2.45, 2.75) is 31.5 Å². The van der Waals surface area contributed by atoms with Crippen LogP contribution in [-0.2, 0) is 6.54 Å². The summed E-state index contributed by atoms with van der Waals surface area (Å²) < 4.78 is 0. The van der Waals surface area contributed by atoms with E-state index in [9.17, 15) is 0 Å². The van der Waals surface area contributed by atoms with Crippen molar-refractivity contribution in [2.24, 2.45) is 5.73 Å². The van der Waals surface area contributed by atoms with Crippen LogP contribution in [0.25, 0.3) is 10.8 Å². The van der Waals surface area contributed by atoms with Gasteiger partial charge in [0.15, 0.2) is 0 Å². The van der Waals surface area contributed by atoms with E-state index in [1.807, 2.05) is 36.5 Å². The quantitative estimate of drug-likeness (QED) is 0.424. The Labute approximate surface area is 176 Å². The fraction of sp³-hybridized carbons (Fsp3) is 0.200. The molecule has 30 heavy (non-hydrogen) atoms. The molecule has 1 fully saturated rings. The molecule has 5 nitrogen and oxygen atoms in total. The van der Waals surface area contributed by atoms with Crippen LogP contribution in [0.4, 0.5) is 11.6 Å². The van der Waals surface area contributed by atoms with Gasteiger partial charge in [-0.05, 0) is 59.0 Å². The Bertz CT molecular complexity index is 1150. The van der Waals surface area contributed by atoms with Crippen LogP contribution in [0.15, 0.2) is 79.0 Å². The predicted molar refractivity (Wildman–Crippen MR) is 122 cm³/mol. The van der Waals surface area contributed by atoms with Crippen LogP contribution in [0.3, 0.4) is 0 Å². The molecule has 1 unspecified atom stereocenters. The Hall–Kier alpha value is -3.28. The molecule has 1 aromatic heterocycles. The summed E-state index contributed by atoms with van der Waals surface area (Å²) in [5.74, 6) is 0.594. The van der Waals surface area contributed by atoms with Crippen molar-refractivity contribution in [1.29, 1.82) is 0 Å². The van der Waals surface area contributed by atoms with E-state index in [2.05, 4.69) is 58.1 Å². The number of benzene rings is 3. The molecule has 0 bridgehead atoms. The Balaban J connectivity index is 1.45. The molecular weight excluding hydrogens is 370 g/mol. The Morgan fingerprint density at radius 1 is 0.933 bits per heavy atom. The van der Waals surface area contributed by atoms with Crippen molar-refractivity contribution in [3.05, 3.63) is 95.8 Å². The first-order chi connectivity index (χ1) is 14.8. The molecule has 0 aliphatic heterocycles. The summed E-state index contributed by atoms with van der Waals surface area (Å²) in [4.78, 5) is 9.26. The highest BCUT2D eigenvalue weighted by Crippen LogP contribution is 2.30. The van der Waals surface area contributed by atoms with Gasteiger partial charge >= 0.3 is 0 Å². The maximum absolute atomic E-state index is 5.69. The van der Waals surface area contributed by atoms with E-state index in [1.54, 1.807) is 0 Å². The van der Waals surface area contributed by atoms with Crippen molar-refractivity contribution < 1.29 is 0 Å². The van der Waals surface area contributed by atoms with E-state index >= 15 is 0 Å². The average molecular weight is 396 g/mol. The highest BCUT2D eigenvalue weighted by atomic mass is 15.1. The zero-order chi connectivity index (χ0) is 20.3. The Morgan fingerprint density at radius 3 is 2.50 bits per heavy atom. The molecule has 1 aliphatic rings. The van der Waals surface area contributed by atoms with Gasteiger partial charge in [0.25, 0.3) is 0 Å². The van der Waals surface area contributed by atoms with Crippen molar-refractivity contribution >= 4 is 22.4 Å². The Morgan fingerprint density at radius 2 is 1.73 bits per heavy atom. The molecular formula is C25H25N5. The molecule has 4 aromatic rings. The molecule has 1 atom stereocenters. The topological polar surface area (TPSA) is 75.9 Å².